The topological polar surface area (TPSA) is 188 Å². The SMILES string of the molecule is N.N.N.N.N#C[S-].N#C[S-].[Co]. The van der Waals surface area contributed by atoms with Gasteiger partial charge in [0.25, 0.3) is 0 Å². The van der Waals surface area contributed by atoms with Crippen molar-refractivity contribution in [3.8, 4) is 10.8 Å². The van der Waals surface area contributed by atoms with Gasteiger partial charge in [-0.15, -0.1) is 0 Å². The van der Waals surface area contributed by atoms with E-state index in [4.69, 9.17) is 10.5 Å². The second-order valence-electron chi connectivity index (χ2n) is 0.183. The molecule has 12 N–H and O–H groups in total. The van der Waals surface area contributed by atoms with Gasteiger partial charge in [0, 0.05) is 16.8 Å². The molecule has 0 rings (SSSR count). The Morgan fingerprint density at radius 3 is 0.727 bits per heavy atom. The molecular formula is C2H12CoN6S2-2. The summed E-state index contributed by atoms with van der Waals surface area (Å²) >= 11 is 7.40. The van der Waals surface area contributed by atoms with Gasteiger partial charge in [0.2, 0.25) is 0 Å². The van der Waals surface area contributed by atoms with E-state index in [1.54, 1.807) is 0 Å². The Labute approximate surface area is 88.1 Å². The zero-order chi connectivity index (χ0) is 5.41. The zero-order valence-corrected chi connectivity index (χ0v) is 8.55. The third-order valence-electron chi connectivity index (χ3n) is 0. The van der Waals surface area contributed by atoms with Crippen LogP contribution in [0.3, 0.4) is 0 Å². The first kappa shape index (κ1) is 72.4. The molecule has 0 fully saturated rings. The van der Waals surface area contributed by atoms with Crippen LogP contribution in [0.4, 0.5) is 0 Å². The molecule has 1 radical (unpaired) electrons. The molecule has 0 atom stereocenters. The summed E-state index contributed by atoms with van der Waals surface area (Å²) in [6.45, 7) is 0. The van der Waals surface area contributed by atoms with Crippen LogP contribution in [0.2, 0.25) is 0 Å². The molecule has 73 valence electrons. The molecule has 0 aliphatic carbocycles. The Bertz CT molecular complexity index is 73.6. The van der Waals surface area contributed by atoms with Gasteiger partial charge in [-0.25, -0.2) is 10.5 Å². The van der Waals surface area contributed by atoms with Crippen LogP contribution < -0.4 is 24.6 Å². The molecule has 0 spiro atoms. The molecule has 0 unspecified atom stereocenters. The van der Waals surface area contributed by atoms with Crippen molar-refractivity contribution in [1.29, 1.82) is 10.5 Å². The summed E-state index contributed by atoms with van der Waals surface area (Å²) in [6, 6.07) is 0. The summed E-state index contributed by atoms with van der Waals surface area (Å²) in [5.74, 6) is 0. The fourth-order valence-electron chi connectivity index (χ4n) is 0. The van der Waals surface area contributed by atoms with E-state index in [9.17, 15) is 0 Å². The first-order valence-electron chi connectivity index (χ1n) is 0.855. The van der Waals surface area contributed by atoms with E-state index in [0.717, 1.165) is 0 Å². The number of thiocyanates is 2. The van der Waals surface area contributed by atoms with E-state index in [1.165, 1.54) is 10.8 Å². The van der Waals surface area contributed by atoms with Crippen molar-refractivity contribution in [3.05, 3.63) is 0 Å². The predicted molar refractivity (Wildman–Crippen MR) is 46.0 cm³/mol. The Kier molecular flexibility index (Phi) is 1580. The summed E-state index contributed by atoms with van der Waals surface area (Å²) in [5.41, 5.74) is 0. The van der Waals surface area contributed by atoms with Crippen LogP contribution in [0.15, 0.2) is 0 Å². The largest absolute Gasteiger partial charge is 0.696 e. The van der Waals surface area contributed by atoms with Crippen molar-refractivity contribution in [2.75, 3.05) is 0 Å². The maximum atomic E-state index is 7.13. The third-order valence-corrected chi connectivity index (χ3v) is 0. The molecule has 0 saturated carbocycles. The minimum atomic E-state index is 0. The van der Waals surface area contributed by atoms with Gasteiger partial charge in [-0.3, -0.25) is 0 Å². The van der Waals surface area contributed by atoms with Crippen LogP contribution in [0.1, 0.15) is 0 Å². The average Bonchev–Trinajstić information content (AvgIpc) is 1.39. The van der Waals surface area contributed by atoms with E-state index < -0.39 is 0 Å². The molecule has 0 aromatic rings. The molecule has 0 heterocycles. The third kappa shape index (κ3) is 10800. The maximum absolute atomic E-state index is 7.13. The number of nitriles is 2. The molecule has 0 aromatic carbocycles. The van der Waals surface area contributed by atoms with Crippen LogP contribution in [-0.2, 0) is 42.0 Å². The molecule has 6 nitrogen and oxygen atoms in total. The standard InChI is InChI=1S/2CHNS.Co.4H3N/c2*2-1-3;;;;;/h2*3H;;4*1H3/p-2. The fourth-order valence-corrected chi connectivity index (χ4v) is 0. The maximum Gasteiger partial charge on any atom is 0 e. The molecular weight excluding hydrogens is 231 g/mol. The zero-order valence-electron chi connectivity index (χ0n) is 5.87. The van der Waals surface area contributed by atoms with Crippen molar-refractivity contribution >= 4 is 25.3 Å². The van der Waals surface area contributed by atoms with Gasteiger partial charge in [-0.05, 0) is 0 Å². The summed E-state index contributed by atoms with van der Waals surface area (Å²) in [4.78, 5) is 0. The molecule has 0 aliphatic heterocycles. The van der Waals surface area contributed by atoms with Crippen molar-refractivity contribution in [3.63, 3.8) is 0 Å². The number of rotatable bonds is 0. The molecule has 0 aliphatic rings. The summed E-state index contributed by atoms with van der Waals surface area (Å²) in [7, 11) is 0. The number of nitrogens with zero attached hydrogens (tertiary/aromatic N) is 2. The van der Waals surface area contributed by atoms with Crippen molar-refractivity contribution in [1.82, 2.24) is 24.6 Å². The van der Waals surface area contributed by atoms with Gasteiger partial charge in [0.1, 0.15) is 0 Å². The first-order valence-corrected chi connectivity index (χ1v) is 1.67. The molecule has 9 heteroatoms. The molecule has 0 bridgehead atoms. The van der Waals surface area contributed by atoms with Gasteiger partial charge in [0.15, 0.2) is 0 Å². The van der Waals surface area contributed by atoms with Gasteiger partial charge in [-0.2, -0.15) is 0 Å². The van der Waals surface area contributed by atoms with Crippen LogP contribution >= 0.6 is 0 Å². The second-order valence-corrected chi connectivity index (χ2v) is 0.548. The smallest absolute Gasteiger partial charge is 0 e. The van der Waals surface area contributed by atoms with Gasteiger partial charge in [-0.1, -0.05) is 10.8 Å². The normalized spacial score (nSPS) is 1.27. The Morgan fingerprint density at radius 2 is 0.727 bits per heavy atom. The van der Waals surface area contributed by atoms with E-state index >= 15 is 0 Å². The minimum Gasteiger partial charge on any atom is -0.696 e. The van der Waals surface area contributed by atoms with Crippen LogP contribution in [0.25, 0.3) is 0 Å². The second kappa shape index (κ2) is 241. The molecule has 0 amide bonds. The predicted octanol–water partition coefficient (Wildman–Crippen LogP) is 0.674. The first-order chi connectivity index (χ1) is 2.83. The fraction of sp³-hybridized carbons (Fsp3) is 0. The Balaban J connectivity index is -0.00000000400. The monoisotopic (exact) mass is 243 g/mol. The summed E-state index contributed by atoms with van der Waals surface area (Å²) in [6.07, 6.45) is 0. The van der Waals surface area contributed by atoms with Gasteiger partial charge >= 0.3 is 0 Å². The van der Waals surface area contributed by atoms with Crippen LogP contribution in [-0.4, -0.2) is 0 Å². The average molecular weight is 243 g/mol. The quantitative estimate of drug-likeness (QED) is 0.352. The summed E-state index contributed by atoms with van der Waals surface area (Å²) < 4.78 is 0. The summed E-state index contributed by atoms with van der Waals surface area (Å²) in [5, 5.41) is 16.9. The van der Waals surface area contributed by atoms with Crippen molar-refractivity contribution in [2.24, 2.45) is 0 Å². The van der Waals surface area contributed by atoms with Crippen molar-refractivity contribution in [2.45, 2.75) is 0 Å². The minimum absolute atomic E-state index is 0. The number of hydrogen-bond donors (Lipinski definition) is 4. The van der Waals surface area contributed by atoms with Gasteiger partial charge in [0.05, 0.1) is 0 Å². The molecule has 11 heavy (non-hydrogen) atoms. The van der Waals surface area contributed by atoms with Crippen LogP contribution in [0, 0.1) is 21.3 Å². The number of hydrogen-bond acceptors (Lipinski definition) is 8. The van der Waals surface area contributed by atoms with Crippen molar-refractivity contribution < 1.29 is 16.8 Å². The van der Waals surface area contributed by atoms with E-state index in [1.807, 2.05) is 0 Å². The Hall–Kier alpha value is -0.234. The van der Waals surface area contributed by atoms with Gasteiger partial charge < -0.3 is 49.9 Å². The van der Waals surface area contributed by atoms with E-state index in [0.29, 0.717) is 0 Å². The molecule has 0 aromatic heterocycles. The molecule has 0 saturated heterocycles. The van der Waals surface area contributed by atoms with Crippen LogP contribution in [0.5, 0.6) is 0 Å². The van der Waals surface area contributed by atoms with E-state index in [-0.39, 0.29) is 41.4 Å². The Morgan fingerprint density at radius 1 is 0.727 bits per heavy atom. The van der Waals surface area contributed by atoms with E-state index in [2.05, 4.69) is 25.3 Å².